The quantitative estimate of drug-likeness (QED) is 0.733. The highest BCUT2D eigenvalue weighted by atomic mass is 16.2. The first kappa shape index (κ1) is 18.1. The van der Waals surface area contributed by atoms with Crippen molar-refractivity contribution in [3.05, 3.63) is 27.4 Å². The SMILES string of the molecule is Cc1nc(=O)[nH]c(C)c1CCC(=O)N(C)CC1NNC2CCCCC21. The number of nitrogens with zero attached hydrogens (tertiary/aromatic N) is 2. The maximum absolute atomic E-state index is 12.5. The van der Waals surface area contributed by atoms with Gasteiger partial charge in [0.1, 0.15) is 0 Å². The van der Waals surface area contributed by atoms with Crippen LogP contribution in [0.1, 0.15) is 49.1 Å². The molecule has 7 heteroatoms. The summed E-state index contributed by atoms with van der Waals surface area (Å²) in [6, 6.07) is 0.886. The molecule has 0 radical (unpaired) electrons. The van der Waals surface area contributed by atoms with Crippen molar-refractivity contribution in [2.45, 2.75) is 64.5 Å². The van der Waals surface area contributed by atoms with E-state index in [-0.39, 0.29) is 11.6 Å². The fourth-order valence-electron chi connectivity index (χ4n) is 4.27. The summed E-state index contributed by atoms with van der Waals surface area (Å²) in [5.41, 5.74) is 8.94. The molecule has 25 heavy (non-hydrogen) atoms. The predicted molar refractivity (Wildman–Crippen MR) is 96.1 cm³/mol. The number of aromatic nitrogens is 2. The average molecular weight is 347 g/mol. The number of likely N-dealkylation sites (N-methyl/N-ethyl adjacent to an activating group) is 1. The van der Waals surface area contributed by atoms with Gasteiger partial charge in [-0.3, -0.25) is 15.6 Å². The van der Waals surface area contributed by atoms with Gasteiger partial charge in [-0.2, -0.15) is 4.98 Å². The van der Waals surface area contributed by atoms with Crippen LogP contribution in [0.4, 0.5) is 0 Å². The highest BCUT2D eigenvalue weighted by Gasteiger charge is 2.37. The molecule has 0 aromatic carbocycles. The minimum atomic E-state index is -0.330. The Morgan fingerprint density at radius 3 is 2.76 bits per heavy atom. The normalized spacial score (nSPS) is 25.6. The molecule has 3 N–H and O–H groups in total. The summed E-state index contributed by atoms with van der Waals surface area (Å²) in [6.45, 7) is 4.41. The minimum absolute atomic E-state index is 0.131. The van der Waals surface area contributed by atoms with Gasteiger partial charge in [-0.05, 0) is 44.6 Å². The molecule has 0 bridgehead atoms. The van der Waals surface area contributed by atoms with E-state index >= 15 is 0 Å². The molecular weight excluding hydrogens is 318 g/mol. The number of hydrazine groups is 1. The lowest BCUT2D eigenvalue weighted by atomic mass is 9.81. The summed E-state index contributed by atoms with van der Waals surface area (Å²) in [6.07, 6.45) is 6.08. The molecular formula is C18H29N5O2. The van der Waals surface area contributed by atoms with Crippen LogP contribution in [0.5, 0.6) is 0 Å². The van der Waals surface area contributed by atoms with Crippen LogP contribution >= 0.6 is 0 Å². The summed E-state index contributed by atoms with van der Waals surface area (Å²) in [7, 11) is 1.88. The number of rotatable bonds is 5. The number of aryl methyl sites for hydroxylation is 2. The Labute approximate surface area is 148 Å². The van der Waals surface area contributed by atoms with Gasteiger partial charge in [0.05, 0.1) is 0 Å². The van der Waals surface area contributed by atoms with E-state index in [4.69, 9.17) is 0 Å². The molecule has 1 saturated heterocycles. The first-order valence-corrected chi connectivity index (χ1v) is 9.27. The third-order valence-corrected chi connectivity index (χ3v) is 5.73. The first-order valence-electron chi connectivity index (χ1n) is 9.27. The van der Waals surface area contributed by atoms with Crippen molar-refractivity contribution in [3.63, 3.8) is 0 Å². The van der Waals surface area contributed by atoms with Gasteiger partial charge in [0, 0.05) is 43.5 Å². The number of hydrogen-bond donors (Lipinski definition) is 3. The Balaban J connectivity index is 1.54. The smallest absolute Gasteiger partial charge is 0.344 e. The molecule has 1 aromatic rings. The number of H-pyrrole nitrogens is 1. The van der Waals surface area contributed by atoms with E-state index in [9.17, 15) is 9.59 Å². The molecule has 138 valence electrons. The molecule has 2 heterocycles. The number of nitrogens with one attached hydrogen (secondary N) is 3. The molecule has 1 saturated carbocycles. The van der Waals surface area contributed by atoms with Gasteiger partial charge < -0.3 is 9.88 Å². The second-order valence-corrected chi connectivity index (χ2v) is 7.46. The maximum atomic E-state index is 12.5. The minimum Gasteiger partial charge on any atom is -0.344 e. The van der Waals surface area contributed by atoms with Crippen molar-refractivity contribution >= 4 is 5.91 Å². The molecule has 7 nitrogen and oxygen atoms in total. The van der Waals surface area contributed by atoms with E-state index in [1.807, 2.05) is 25.8 Å². The average Bonchev–Trinajstić information content (AvgIpc) is 2.97. The standard InChI is InChI=1S/C18H29N5O2/c1-11-13(12(2)20-18(25)19-11)8-9-17(24)23(3)10-16-14-6-4-5-7-15(14)21-22-16/h14-16,21-22H,4-10H2,1-3H3,(H,19,20,25). The summed E-state index contributed by atoms with van der Waals surface area (Å²) in [5.74, 6) is 0.753. The fraction of sp³-hybridized carbons (Fsp3) is 0.722. The van der Waals surface area contributed by atoms with Crippen LogP contribution in [0.2, 0.25) is 0 Å². The molecule has 3 unspecified atom stereocenters. The van der Waals surface area contributed by atoms with Gasteiger partial charge in [0.15, 0.2) is 0 Å². The highest BCUT2D eigenvalue weighted by Crippen LogP contribution is 2.30. The first-order chi connectivity index (χ1) is 12.0. The van der Waals surface area contributed by atoms with Crippen LogP contribution in [0.3, 0.4) is 0 Å². The van der Waals surface area contributed by atoms with Gasteiger partial charge in [0.2, 0.25) is 5.91 Å². The Kier molecular flexibility index (Phi) is 5.54. The molecule has 1 aliphatic carbocycles. The lowest BCUT2D eigenvalue weighted by Crippen LogP contribution is -2.43. The lowest BCUT2D eigenvalue weighted by Gasteiger charge is -2.29. The molecule has 3 atom stereocenters. The zero-order valence-electron chi connectivity index (χ0n) is 15.4. The summed E-state index contributed by atoms with van der Waals surface area (Å²) < 4.78 is 0. The van der Waals surface area contributed by atoms with Crippen molar-refractivity contribution in [2.75, 3.05) is 13.6 Å². The summed E-state index contributed by atoms with van der Waals surface area (Å²) >= 11 is 0. The second kappa shape index (κ2) is 7.66. The van der Waals surface area contributed by atoms with E-state index in [0.717, 1.165) is 17.8 Å². The molecule has 2 aliphatic rings. The van der Waals surface area contributed by atoms with Gasteiger partial charge in [-0.25, -0.2) is 4.79 Å². The number of amides is 1. The molecule has 1 amide bonds. The Bertz CT molecular complexity index is 660. The number of aromatic amines is 1. The maximum Gasteiger partial charge on any atom is 0.345 e. The van der Waals surface area contributed by atoms with Crippen molar-refractivity contribution in [3.8, 4) is 0 Å². The predicted octanol–water partition coefficient (Wildman–Crippen LogP) is 0.813. The van der Waals surface area contributed by atoms with Crippen LogP contribution in [0.15, 0.2) is 4.79 Å². The van der Waals surface area contributed by atoms with Crippen molar-refractivity contribution in [1.29, 1.82) is 0 Å². The second-order valence-electron chi connectivity index (χ2n) is 7.46. The number of hydrogen-bond acceptors (Lipinski definition) is 5. The third kappa shape index (κ3) is 4.10. The highest BCUT2D eigenvalue weighted by molar-refractivity contribution is 5.76. The molecule has 0 spiro atoms. The van der Waals surface area contributed by atoms with Gasteiger partial charge in [-0.15, -0.1) is 0 Å². The number of carbonyl (C=O) groups is 1. The van der Waals surface area contributed by atoms with Crippen molar-refractivity contribution in [2.24, 2.45) is 5.92 Å². The largest absolute Gasteiger partial charge is 0.345 e. The van der Waals surface area contributed by atoms with Gasteiger partial charge in [-0.1, -0.05) is 12.8 Å². The lowest BCUT2D eigenvalue weighted by molar-refractivity contribution is -0.130. The van der Waals surface area contributed by atoms with E-state index in [0.29, 0.717) is 36.5 Å². The van der Waals surface area contributed by atoms with Gasteiger partial charge in [0.25, 0.3) is 0 Å². The fourth-order valence-corrected chi connectivity index (χ4v) is 4.27. The Morgan fingerprint density at radius 1 is 1.24 bits per heavy atom. The van der Waals surface area contributed by atoms with Gasteiger partial charge >= 0.3 is 5.69 Å². The molecule has 2 fully saturated rings. The Hall–Kier alpha value is -1.73. The third-order valence-electron chi connectivity index (χ3n) is 5.73. The summed E-state index contributed by atoms with van der Waals surface area (Å²) in [5, 5.41) is 0. The van der Waals surface area contributed by atoms with Crippen LogP contribution in [-0.4, -0.2) is 46.5 Å². The topological polar surface area (TPSA) is 90.1 Å². The van der Waals surface area contributed by atoms with E-state index in [1.165, 1.54) is 25.7 Å². The number of carbonyl (C=O) groups excluding carboxylic acids is 1. The van der Waals surface area contributed by atoms with E-state index < -0.39 is 0 Å². The van der Waals surface area contributed by atoms with E-state index in [1.54, 1.807) is 0 Å². The van der Waals surface area contributed by atoms with Crippen LogP contribution < -0.4 is 16.5 Å². The Morgan fingerprint density at radius 2 is 2.00 bits per heavy atom. The zero-order chi connectivity index (χ0) is 18.0. The van der Waals surface area contributed by atoms with Crippen LogP contribution in [-0.2, 0) is 11.2 Å². The summed E-state index contributed by atoms with van der Waals surface area (Å²) in [4.78, 5) is 32.4. The van der Waals surface area contributed by atoms with Crippen LogP contribution in [0, 0.1) is 19.8 Å². The van der Waals surface area contributed by atoms with Crippen molar-refractivity contribution in [1.82, 2.24) is 25.7 Å². The number of fused-ring (bicyclic) bond motifs is 1. The van der Waals surface area contributed by atoms with Crippen molar-refractivity contribution < 1.29 is 4.79 Å². The molecule has 1 aromatic heterocycles. The van der Waals surface area contributed by atoms with E-state index in [2.05, 4.69) is 20.8 Å². The monoisotopic (exact) mass is 347 g/mol. The zero-order valence-corrected chi connectivity index (χ0v) is 15.4. The van der Waals surface area contributed by atoms with Crippen LogP contribution in [0.25, 0.3) is 0 Å². The molecule has 1 aliphatic heterocycles. The molecule has 3 rings (SSSR count).